The van der Waals surface area contributed by atoms with Crippen LogP contribution in [0.25, 0.3) is 6.08 Å². The Kier molecular flexibility index (Phi) is 7.59. The second-order valence-electron chi connectivity index (χ2n) is 6.90. The minimum Gasteiger partial charge on any atom is -0.378 e. The molecule has 4 rings (SSSR count). The fourth-order valence-corrected chi connectivity index (χ4v) is 5.55. The first-order valence-corrected chi connectivity index (χ1v) is 13.7. The van der Waals surface area contributed by atoms with Gasteiger partial charge in [-0.15, -0.1) is 0 Å². The van der Waals surface area contributed by atoms with Crippen LogP contribution in [0.5, 0.6) is 5.75 Å². The minimum absolute atomic E-state index is 0.0181. The summed E-state index contributed by atoms with van der Waals surface area (Å²) in [6.07, 6.45) is 1.50. The summed E-state index contributed by atoms with van der Waals surface area (Å²) in [5, 5.41) is 13.9. The summed E-state index contributed by atoms with van der Waals surface area (Å²) >= 11 is 6.60. The van der Waals surface area contributed by atoms with Gasteiger partial charge < -0.3 is 9.50 Å². The lowest BCUT2D eigenvalue weighted by molar-refractivity contribution is -0.384. The zero-order valence-corrected chi connectivity index (χ0v) is 22.7. The number of nitro groups is 1. The number of thioether (sulfide) groups is 1. The summed E-state index contributed by atoms with van der Waals surface area (Å²) in [5.41, 5.74) is 0.792. The van der Waals surface area contributed by atoms with Crippen LogP contribution in [0.2, 0.25) is 0 Å². The number of rotatable bonds is 6. The quantitative estimate of drug-likeness (QED) is 0.117. The number of nitrogens with zero attached hydrogens (tertiary/aromatic N) is 2. The van der Waals surface area contributed by atoms with Crippen molar-refractivity contribution < 1.29 is 22.3 Å². The number of hydrogen-bond acceptors (Lipinski definition) is 8. The van der Waals surface area contributed by atoms with E-state index in [1.807, 2.05) is 24.3 Å². The van der Waals surface area contributed by atoms with Crippen LogP contribution in [0.15, 0.2) is 86.0 Å². The maximum absolute atomic E-state index is 12.8. The molecule has 3 aromatic carbocycles. The Bertz CT molecular complexity index is 1510. The Hall–Kier alpha value is -2.75. The third kappa shape index (κ3) is 6.09. The van der Waals surface area contributed by atoms with E-state index in [1.54, 1.807) is 12.1 Å². The second kappa shape index (κ2) is 10.5. The minimum atomic E-state index is -4.29. The van der Waals surface area contributed by atoms with E-state index < -0.39 is 15.0 Å². The number of non-ortho nitro benzene ring substituents is 1. The summed E-state index contributed by atoms with van der Waals surface area (Å²) in [5.74, 6) is -0.403. The van der Waals surface area contributed by atoms with Crippen molar-refractivity contribution in [2.75, 3.05) is 0 Å². The van der Waals surface area contributed by atoms with Gasteiger partial charge in [0.2, 0.25) is 0 Å². The molecule has 35 heavy (non-hydrogen) atoms. The molecule has 1 saturated heterocycles. The van der Waals surface area contributed by atoms with Crippen molar-refractivity contribution in [3.05, 3.63) is 95.4 Å². The first-order valence-electron chi connectivity index (χ1n) is 9.65. The summed E-state index contributed by atoms with van der Waals surface area (Å²) in [6, 6.07) is 16.4. The average molecular weight is 686 g/mol. The number of para-hydroxylation sites is 1. The van der Waals surface area contributed by atoms with Crippen LogP contribution in [-0.2, 0) is 14.9 Å². The lowest BCUT2D eigenvalue weighted by atomic mass is 10.2. The van der Waals surface area contributed by atoms with E-state index >= 15 is 0 Å². The molecule has 0 aliphatic carbocycles. The highest BCUT2D eigenvalue weighted by Gasteiger charge is 2.26. The monoisotopic (exact) mass is 685 g/mol. The molecule has 3 aromatic rings. The van der Waals surface area contributed by atoms with E-state index in [0.29, 0.717) is 25.8 Å². The molecule has 0 unspecified atom stereocenters. The molecule has 0 atom stereocenters. The molecule has 1 aliphatic rings. The molecular formula is C22H13BrIN3O6S2. The smallest absolute Gasteiger partial charge is 0.339 e. The van der Waals surface area contributed by atoms with Crippen molar-refractivity contribution in [2.24, 2.45) is 4.99 Å². The number of hydrogen-bond donors (Lipinski definition) is 1. The molecular weight excluding hydrogens is 673 g/mol. The fourth-order valence-electron chi connectivity index (χ4n) is 2.88. The van der Waals surface area contributed by atoms with Gasteiger partial charge in [0.1, 0.15) is 10.6 Å². The van der Waals surface area contributed by atoms with Gasteiger partial charge in [-0.1, -0.05) is 28.1 Å². The highest BCUT2D eigenvalue weighted by atomic mass is 127. The number of nitro benzene ring substituents is 1. The van der Waals surface area contributed by atoms with Crippen LogP contribution in [0.4, 0.5) is 11.4 Å². The molecule has 13 heteroatoms. The number of carbonyl (C=O) groups is 1. The van der Waals surface area contributed by atoms with Crippen LogP contribution in [0.3, 0.4) is 0 Å². The van der Waals surface area contributed by atoms with E-state index in [1.165, 1.54) is 12.1 Å². The van der Waals surface area contributed by atoms with Gasteiger partial charge in [-0.05, 0) is 82.9 Å². The zero-order chi connectivity index (χ0) is 25.2. The molecule has 0 spiro atoms. The largest absolute Gasteiger partial charge is 0.378 e. The van der Waals surface area contributed by atoms with Crippen molar-refractivity contribution in [3.8, 4) is 5.75 Å². The van der Waals surface area contributed by atoms with E-state index in [9.17, 15) is 23.3 Å². The normalized spacial score (nSPS) is 15.9. The van der Waals surface area contributed by atoms with Crippen LogP contribution in [0.1, 0.15) is 5.56 Å². The number of halogens is 2. The van der Waals surface area contributed by atoms with Crippen molar-refractivity contribution >= 4 is 88.9 Å². The Morgan fingerprint density at radius 1 is 1.11 bits per heavy atom. The summed E-state index contributed by atoms with van der Waals surface area (Å²) in [4.78, 5) is 27.3. The SMILES string of the molecule is O=C1NC(=Nc2ccccc2I)S/C1=C/c1cc(Br)ccc1OS(=O)(=O)c1ccc([N+](=O)[O-])cc1. The number of aliphatic imine (C=N–C) groups is 1. The summed E-state index contributed by atoms with van der Waals surface area (Å²) in [7, 11) is -4.29. The molecule has 0 aromatic heterocycles. The van der Waals surface area contributed by atoms with Gasteiger partial charge in [0.05, 0.1) is 15.5 Å². The van der Waals surface area contributed by atoms with Gasteiger partial charge in [0.15, 0.2) is 5.17 Å². The molecule has 0 radical (unpaired) electrons. The van der Waals surface area contributed by atoms with E-state index in [-0.39, 0.29) is 22.2 Å². The third-order valence-electron chi connectivity index (χ3n) is 4.52. The topological polar surface area (TPSA) is 128 Å². The van der Waals surface area contributed by atoms with Gasteiger partial charge in [0, 0.05) is 25.7 Å². The number of benzene rings is 3. The Morgan fingerprint density at radius 2 is 1.83 bits per heavy atom. The number of nitrogens with one attached hydrogen (secondary N) is 1. The molecule has 0 saturated carbocycles. The average Bonchev–Trinajstić information content (AvgIpc) is 3.15. The first kappa shape index (κ1) is 25.3. The van der Waals surface area contributed by atoms with Gasteiger partial charge in [-0.25, -0.2) is 4.99 Å². The first-order chi connectivity index (χ1) is 16.6. The van der Waals surface area contributed by atoms with Gasteiger partial charge in [-0.3, -0.25) is 14.9 Å². The van der Waals surface area contributed by atoms with Crippen molar-refractivity contribution in [2.45, 2.75) is 4.90 Å². The zero-order valence-electron chi connectivity index (χ0n) is 17.3. The van der Waals surface area contributed by atoms with Crippen LogP contribution >= 0.6 is 50.3 Å². The lowest BCUT2D eigenvalue weighted by Gasteiger charge is -2.10. The van der Waals surface area contributed by atoms with Crippen LogP contribution in [0, 0.1) is 13.7 Å². The summed E-state index contributed by atoms with van der Waals surface area (Å²) < 4.78 is 32.4. The predicted molar refractivity (Wildman–Crippen MR) is 145 cm³/mol. The summed E-state index contributed by atoms with van der Waals surface area (Å²) in [6.45, 7) is 0. The highest BCUT2D eigenvalue weighted by molar-refractivity contribution is 14.1. The molecule has 1 N–H and O–H groups in total. The maximum atomic E-state index is 12.8. The van der Waals surface area contributed by atoms with Gasteiger partial charge in [0.25, 0.3) is 11.6 Å². The lowest BCUT2D eigenvalue weighted by Crippen LogP contribution is -2.19. The standard InChI is InChI=1S/C22H13BrIN3O6S2/c23-14-5-10-19(33-35(31,32)16-8-6-15(7-9-16)27(29)30)13(11-14)12-20-21(28)26-22(34-20)25-18-4-2-1-3-17(18)24/h1-12H,(H,25,26,28)/b20-12+. The third-order valence-corrected chi connectivity index (χ3v) is 8.08. The molecule has 1 heterocycles. The predicted octanol–water partition coefficient (Wildman–Crippen LogP) is 5.62. The Labute approximate surface area is 226 Å². The molecule has 178 valence electrons. The highest BCUT2D eigenvalue weighted by Crippen LogP contribution is 2.34. The fraction of sp³-hybridized carbons (Fsp3) is 0. The number of amidine groups is 1. The van der Waals surface area contributed by atoms with E-state index in [4.69, 9.17) is 4.18 Å². The molecule has 1 amide bonds. The molecule has 9 nitrogen and oxygen atoms in total. The van der Waals surface area contributed by atoms with Crippen molar-refractivity contribution in [3.63, 3.8) is 0 Å². The number of carbonyl (C=O) groups excluding carboxylic acids is 1. The van der Waals surface area contributed by atoms with Crippen molar-refractivity contribution in [1.29, 1.82) is 0 Å². The van der Waals surface area contributed by atoms with Crippen molar-refractivity contribution in [1.82, 2.24) is 5.32 Å². The second-order valence-corrected chi connectivity index (χ2v) is 11.6. The van der Waals surface area contributed by atoms with Gasteiger partial charge in [-0.2, -0.15) is 8.42 Å². The maximum Gasteiger partial charge on any atom is 0.339 e. The molecule has 1 fully saturated rings. The Morgan fingerprint density at radius 3 is 2.51 bits per heavy atom. The van der Waals surface area contributed by atoms with Crippen LogP contribution in [-0.4, -0.2) is 24.4 Å². The van der Waals surface area contributed by atoms with Gasteiger partial charge >= 0.3 is 10.1 Å². The van der Waals surface area contributed by atoms with E-state index in [0.717, 1.165) is 39.6 Å². The van der Waals surface area contributed by atoms with E-state index in [2.05, 4.69) is 48.8 Å². The number of amides is 1. The van der Waals surface area contributed by atoms with Crippen LogP contribution < -0.4 is 9.50 Å². The molecule has 1 aliphatic heterocycles. The molecule has 0 bridgehead atoms. The Balaban J connectivity index is 1.63.